The van der Waals surface area contributed by atoms with Crippen LogP contribution in [0.25, 0.3) is 0 Å². The highest BCUT2D eigenvalue weighted by Crippen LogP contribution is 2.13. The molecule has 2 rings (SSSR count). The molecule has 2 aromatic rings. The van der Waals surface area contributed by atoms with Gasteiger partial charge in [-0.1, -0.05) is 32.0 Å². The topological polar surface area (TPSA) is 32.3 Å². The summed E-state index contributed by atoms with van der Waals surface area (Å²) in [5.74, 6) is -0.724. The Morgan fingerprint density at radius 3 is 2.36 bits per heavy atom. The Kier molecular flexibility index (Phi) is 5.67. The fourth-order valence-corrected chi connectivity index (χ4v) is 2.23. The van der Waals surface area contributed by atoms with Gasteiger partial charge in [0, 0.05) is 17.8 Å². The lowest BCUT2D eigenvalue weighted by Crippen LogP contribution is -2.22. The van der Waals surface area contributed by atoms with Gasteiger partial charge in [-0.3, -0.25) is 9.69 Å². The zero-order chi connectivity index (χ0) is 15.9. The third kappa shape index (κ3) is 4.40. The van der Waals surface area contributed by atoms with Crippen LogP contribution in [0.3, 0.4) is 0 Å². The molecule has 0 aliphatic carbocycles. The van der Waals surface area contributed by atoms with Crippen molar-refractivity contribution in [2.45, 2.75) is 20.4 Å². The van der Waals surface area contributed by atoms with Crippen molar-refractivity contribution in [1.82, 2.24) is 4.90 Å². The molecule has 0 aromatic heterocycles. The minimum atomic E-state index is -0.415. The van der Waals surface area contributed by atoms with E-state index in [1.165, 1.54) is 23.8 Å². The molecule has 0 saturated carbocycles. The lowest BCUT2D eigenvalue weighted by atomic mass is 10.1. The molecule has 0 bridgehead atoms. The van der Waals surface area contributed by atoms with Crippen LogP contribution >= 0.6 is 0 Å². The van der Waals surface area contributed by atoms with Crippen molar-refractivity contribution in [3.8, 4) is 0 Å². The summed E-state index contributed by atoms with van der Waals surface area (Å²) in [5.41, 5.74) is 2.22. The predicted octanol–water partition coefficient (Wildman–Crippen LogP) is 3.92. The van der Waals surface area contributed by atoms with Crippen LogP contribution in [-0.4, -0.2) is 23.9 Å². The van der Waals surface area contributed by atoms with Crippen LogP contribution < -0.4 is 5.32 Å². The molecule has 0 unspecified atom stereocenters. The number of carbonyl (C=O) groups is 1. The highest BCUT2D eigenvalue weighted by molar-refractivity contribution is 6.04. The molecule has 2 aromatic carbocycles. The quantitative estimate of drug-likeness (QED) is 0.877. The summed E-state index contributed by atoms with van der Waals surface area (Å²) < 4.78 is 13.1. The van der Waals surface area contributed by atoms with Crippen LogP contribution in [0.15, 0.2) is 48.5 Å². The van der Waals surface area contributed by atoms with Crippen LogP contribution in [0.4, 0.5) is 10.1 Å². The van der Waals surface area contributed by atoms with Crippen molar-refractivity contribution in [1.29, 1.82) is 0 Å². The average Bonchev–Trinajstić information content (AvgIpc) is 2.54. The van der Waals surface area contributed by atoms with Crippen molar-refractivity contribution in [2.24, 2.45) is 0 Å². The molecule has 1 N–H and O–H groups in total. The highest BCUT2D eigenvalue weighted by atomic mass is 19.1. The molecule has 0 atom stereocenters. The number of halogens is 1. The van der Waals surface area contributed by atoms with Crippen LogP contribution in [0, 0.1) is 5.82 Å². The maximum Gasteiger partial charge on any atom is 0.255 e. The number of hydrogen-bond acceptors (Lipinski definition) is 2. The normalized spacial score (nSPS) is 10.7. The molecule has 0 aliphatic rings. The van der Waals surface area contributed by atoms with Gasteiger partial charge >= 0.3 is 0 Å². The van der Waals surface area contributed by atoms with E-state index in [2.05, 4.69) is 24.1 Å². The van der Waals surface area contributed by atoms with Gasteiger partial charge in [-0.25, -0.2) is 4.39 Å². The van der Waals surface area contributed by atoms with Crippen molar-refractivity contribution in [3.63, 3.8) is 0 Å². The van der Waals surface area contributed by atoms with E-state index in [4.69, 9.17) is 0 Å². The molecule has 0 spiro atoms. The summed E-state index contributed by atoms with van der Waals surface area (Å²) in [5, 5.41) is 2.77. The standard InChI is InChI=1S/C18H21FN2O/c1-3-21(4-2)13-14-8-10-17(11-9-14)20-18(22)15-6-5-7-16(19)12-15/h5-12H,3-4,13H2,1-2H3,(H,20,22). The zero-order valence-corrected chi connectivity index (χ0v) is 13.0. The largest absolute Gasteiger partial charge is 0.322 e. The van der Waals surface area contributed by atoms with E-state index in [1.54, 1.807) is 6.07 Å². The highest BCUT2D eigenvalue weighted by Gasteiger charge is 2.07. The van der Waals surface area contributed by atoms with E-state index >= 15 is 0 Å². The van der Waals surface area contributed by atoms with Gasteiger partial charge in [-0.2, -0.15) is 0 Å². The SMILES string of the molecule is CCN(CC)Cc1ccc(NC(=O)c2cccc(F)c2)cc1. The second kappa shape index (κ2) is 7.71. The Hall–Kier alpha value is -2.20. The number of carbonyl (C=O) groups excluding carboxylic acids is 1. The Labute approximate surface area is 130 Å². The maximum atomic E-state index is 13.1. The fraction of sp³-hybridized carbons (Fsp3) is 0.278. The number of anilines is 1. The summed E-state index contributed by atoms with van der Waals surface area (Å²) in [7, 11) is 0. The van der Waals surface area contributed by atoms with Gasteiger partial charge in [0.25, 0.3) is 5.91 Å². The van der Waals surface area contributed by atoms with Gasteiger partial charge in [-0.05, 0) is 49.0 Å². The monoisotopic (exact) mass is 300 g/mol. The van der Waals surface area contributed by atoms with E-state index in [9.17, 15) is 9.18 Å². The van der Waals surface area contributed by atoms with Crippen molar-refractivity contribution in [3.05, 3.63) is 65.5 Å². The lowest BCUT2D eigenvalue weighted by Gasteiger charge is -2.18. The molecule has 0 aliphatic heterocycles. The van der Waals surface area contributed by atoms with Crippen LogP contribution in [0.2, 0.25) is 0 Å². The molecule has 0 radical (unpaired) electrons. The Bertz CT molecular complexity index is 621. The first kappa shape index (κ1) is 16.2. The van der Waals surface area contributed by atoms with Crippen LogP contribution in [-0.2, 0) is 6.54 Å². The molecule has 0 heterocycles. The number of nitrogens with one attached hydrogen (secondary N) is 1. The summed E-state index contributed by atoms with van der Waals surface area (Å²) in [6, 6.07) is 13.4. The van der Waals surface area contributed by atoms with E-state index in [1.807, 2.05) is 24.3 Å². The molecule has 0 saturated heterocycles. The summed E-state index contributed by atoms with van der Waals surface area (Å²) in [6.45, 7) is 7.18. The minimum Gasteiger partial charge on any atom is -0.322 e. The predicted molar refractivity (Wildman–Crippen MR) is 87.4 cm³/mol. The van der Waals surface area contributed by atoms with E-state index < -0.39 is 5.82 Å². The first-order valence-electron chi connectivity index (χ1n) is 7.50. The molecule has 4 heteroatoms. The summed E-state index contributed by atoms with van der Waals surface area (Å²) in [4.78, 5) is 14.4. The third-order valence-corrected chi connectivity index (χ3v) is 3.60. The minimum absolute atomic E-state index is 0.309. The van der Waals surface area contributed by atoms with Gasteiger partial charge < -0.3 is 5.32 Å². The second-order valence-corrected chi connectivity index (χ2v) is 5.12. The van der Waals surface area contributed by atoms with E-state index in [0.29, 0.717) is 11.3 Å². The molecule has 3 nitrogen and oxygen atoms in total. The van der Waals surface area contributed by atoms with Crippen molar-refractivity contribution < 1.29 is 9.18 Å². The molecule has 22 heavy (non-hydrogen) atoms. The fourth-order valence-electron chi connectivity index (χ4n) is 2.23. The number of rotatable bonds is 6. The summed E-state index contributed by atoms with van der Waals surface area (Å²) in [6.07, 6.45) is 0. The Morgan fingerprint density at radius 1 is 1.09 bits per heavy atom. The summed E-state index contributed by atoms with van der Waals surface area (Å²) >= 11 is 0. The number of nitrogens with zero attached hydrogens (tertiary/aromatic N) is 1. The van der Waals surface area contributed by atoms with E-state index in [-0.39, 0.29) is 5.91 Å². The van der Waals surface area contributed by atoms with Crippen molar-refractivity contribution >= 4 is 11.6 Å². The molecular weight excluding hydrogens is 279 g/mol. The van der Waals surface area contributed by atoms with Gasteiger partial charge in [0.05, 0.1) is 0 Å². The first-order valence-corrected chi connectivity index (χ1v) is 7.50. The maximum absolute atomic E-state index is 13.1. The zero-order valence-electron chi connectivity index (χ0n) is 13.0. The van der Waals surface area contributed by atoms with E-state index in [0.717, 1.165) is 19.6 Å². The van der Waals surface area contributed by atoms with Gasteiger partial charge in [0.2, 0.25) is 0 Å². The van der Waals surface area contributed by atoms with Crippen LogP contribution in [0.5, 0.6) is 0 Å². The number of benzene rings is 2. The lowest BCUT2D eigenvalue weighted by molar-refractivity contribution is 0.102. The molecule has 116 valence electrons. The van der Waals surface area contributed by atoms with Crippen molar-refractivity contribution in [2.75, 3.05) is 18.4 Å². The number of amides is 1. The second-order valence-electron chi connectivity index (χ2n) is 5.12. The number of hydrogen-bond donors (Lipinski definition) is 1. The van der Waals surface area contributed by atoms with Gasteiger partial charge in [0.15, 0.2) is 0 Å². The Balaban J connectivity index is 2.00. The third-order valence-electron chi connectivity index (χ3n) is 3.60. The van der Waals surface area contributed by atoms with Crippen LogP contribution in [0.1, 0.15) is 29.8 Å². The Morgan fingerprint density at radius 2 is 1.77 bits per heavy atom. The molecule has 1 amide bonds. The van der Waals surface area contributed by atoms with Gasteiger partial charge in [0.1, 0.15) is 5.82 Å². The smallest absolute Gasteiger partial charge is 0.255 e. The molecule has 0 fully saturated rings. The van der Waals surface area contributed by atoms with Gasteiger partial charge in [-0.15, -0.1) is 0 Å². The average molecular weight is 300 g/mol. The first-order chi connectivity index (χ1) is 10.6. The molecular formula is C18H21FN2O.